The Balaban J connectivity index is 1.93. The molecule has 1 heterocycles. The van der Waals surface area contributed by atoms with Gasteiger partial charge in [0.15, 0.2) is 11.6 Å². The summed E-state index contributed by atoms with van der Waals surface area (Å²) < 4.78 is 31.2. The lowest BCUT2D eigenvalue weighted by molar-refractivity contribution is 0.0388. The molecule has 1 saturated heterocycles. The lowest BCUT2D eigenvalue weighted by Gasteiger charge is -2.35. The SMILES string of the molecule is CC1(NCC(O)c2ccc(F)c(F)c2)CCOCC1. The Hall–Kier alpha value is -1.04. The highest BCUT2D eigenvalue weighted by atomic mass is 19.2. The van der Waals surface area contributed by atoms with Gasteiger partial charge in [-0.05, 0) is 37.5 Å². The van der Waals surface area contributed by atoms with E-state index < -0.39 is 17.7 Å². The molecule has 0 aromatic heterocycles. The molecular formula is C14H19F2NO2. The third kappa shape index (κ3) is 3.72. The average molecular weight is 271 g/mol. The van der Waals surface area contributed by atoms with Gasteiger partial charge in [-0.15, -0.1) is 0 Å². The largest absolute Gasteiger partial charge is 0.387 e. The number of benzene rings is 1. The molecule has 19 heavy (non-hydrogen) atoms. The van der Waals surface area contributed by atoms with Crippen LogP contribution in [0.1, 0.15) is 31.4 Å². The average Bonchev–Trinajstić information content (AvgIpc) is 2.40. The van der Waals surface area contributed by atoms with E-state index in [-0.39, 0.29) is 5.54 Å². The molecule has 1 aliphatic rings. The highest BCUT2D eigenvalue weighted by Gasteiger charge is 2.27. The Morgan fingerprint density at radius 1 is 1.32 bits per heavy atom. The van der Waals surface area contributed by atoms with E-state index in [1.54, 1.807) is 0 Å². The van der Waals surface area contributed by atoms with E-state index in [1.165, 1.54) is 6.07 Å². The van der Waals surface area contributed by atoms with E-state index in [0.717, 1.165) is 25.0 Å². The number of rotatable bonds is 4. The van der Waals surface area contributed by atoms with Crippen LogP contribution in [0.15, 0.2) is 18.2 Å². The predicted molar refractivity (Wildman–Crippen MR) is 67.8 cm³/mol. The number of halogens is 2. The smallest absolute Gasteiger partial charge is 0.159 e. The van der Waals surface area contributed by atoms with Crippen molar-refractivity contribution in [3.8, 4) is 0 Å². The zero-order chi connectivity index (χ0) is 13.9. The monoisotopic (exact) mass is 271 g/mol. The van der Waals surface area contributed by atoms with Gasteiger partial charge in [-0.1, -0.05) is 6.07 Å². The van der Waals surface area contributed by atoms with Crippen LogP contribution in [0.2, 0.25) is 0 Å². The lowest BCUT2D eigenvalue weighted by atomic mass is 9.92. The first kappa shape index (κ1) is 14.4. The fourth-order valence-corrected chi connectivity index (χ4v) is 2.18. The van der Waals surface area contributed by atoms with Crippen molar-refractivity contribution in [1.29, 1.82) is 0 Å². The molecular weight excluding hydrogens is 252 g/mol. The van der Waals surface area contributed by atoms with Crippen molar-refractivity contribution >= 4 is 0 Å². The summed E-state index contributed by atoms with van der Waals surface area (Å²) >= 11 is 0. The first-order chi connectivity index (χ1) is 9.00. The Kier molecular flexibility index (Phi) is 4.50. The third-order valence-corrected chi connectivity index (χ3v) is 3.65. The zero-order valence-corrected chi connectivity index (χ0v) is 11.0. The molecule has 1 aromatic rings. The van der Waals surface area contributed by atoms with Gasteiger partial charge >= 0.3 is 0 Å². The van der Waals surface area contributed by atoms with Gasteiger partial charge in [0.2, 0.25) is 0 Å². The summed E-state index contributed by atoms with van der Waals surface area (Å²) in [5.41, 5.74) is 0.305. The normalized spacial score (nSPS) is 20.2. The highest BCUT2D eigenvalue weighted by molar-refractivity contribution is 5.20. The second-order valence-electron chi connectivity index (χ2n) is 5.24. The maximum Gasteiger partial charge on any atom is 0.159 e. The standard InChI is InChI=1S/C14H19F2NO2/c1-14(4-6-19-7-5-14)17-9-13(18)10-2-3-11(15)12(16)8-10/h2-3,8,13,17-18H,4-7,9H2,1H3. The van der Waals surface area contributed by atoms with Crippen molar-refractivity contribution in [3.63, 3.8) is 0 Å². The highest BCUT2D eigenvalue weighted by Crippen LogP contribution is 2.21. The van der Waals surface area contributed by atoms with Gasteiger partial charge in [0, 0.05) is 25.3 Å². The maximum atomic E-state index is 13.1. The van der Waals surface area contributed by atoms with E-state index in [4.69, 9.17) is 4.74 Å². The molecule has 0 saturated carbocycles. The Morgan fingerprint density at radius 3 is 2.63 bits per heavy atom. The summed E-state index contributed by atoms with van der Waals surface area (Å²) in [6.45, 7) is 3.78. The topological polar surface area (TPSA) is 41.5 Å². The summed E-state index contributed by atoms with van der Waals surface area (Å²) in [7, 11) is 0. The molecule has 0 amide bonds. The fourth-order valence-electron chi connectivity index (χ4n) is 2.18. The van der Waals surface area contributed by atoms with Crippen LogP contribution in [-0.2, 0) is 4.74 Å². The minimum absolute atomic E-state index is 0.0716. The number of hydrogen-bond donors (Lipinski definition) is 2. The number of aliphatic hydroxyl groups excluding tert-OH is 1. The van der Waals surface area contributed by atoms with Crippen molar-refractivity contribution in [1.82, 2.24) is 5.32 Å². The van der Waals surface area contributed by atoms with Crippen LogP contribution in [-0.4, -0.2) is 30.4 Å². The van der Waals surface area contributed by atoms with Crippen molar-refractivity contribution in [2.45, 2.75) is 31.4 Å². The van der Waals surface area contributed by atoms with Crippen LogP contribution in [0.4, 0.5) is 8.78 Å². The molecule has 2 rings (SSSR count). The molecule has 1 unspecified atom stereocenters. The van der Waals surface area contributed by atoms with Gasteiger partial charge < -0.3 is 15.2 Å². The Bertz CT molecular complexity index is 433. The van der Waals surface area contributed by atoms with E-state index in [0.29, 0.717) is 25.3 Å². The van der Waals surface area contributed by atoms with Crippen molar-refractivity contribution in [3.05, 3.63) is 35.4 Å². The van der Waals surface area contributed by atoms with Gasteiger partial charge in [-0.25, -0.2) is 8.78 Å². The van der Waals surface area contributed by atoms with Gasteiger partial charge in [-0.2, -0.15) is 0 Å². The van der Waals surface area contributed by atoms with Crippen LogP contribution in [0.3, 0.4) is 0 Å². The van der Waals surface area contributed by atoms with E-state index in [1.807, 2.05) is 0 Å². The summed E-state index contributed by atoms with van der Waals surface area (Å²) in [6.07, 6.45) is 0.893. The minimum Gasteiger partial charge on any atom is -0.387 e. The number of β-amino-alcohol motifs (C(OH)–C–C–N with tert-alkyl or cyclic N) is 1. The summed E-state index contributed by atoms with van der Waals surface area (Å²) in [5.74, 6) is -1.84. The van der Waals surface area contributed by atoms with Crippen molar-refractivity contribution in [2.24, 2.45) is 0 Å². The molecule has 3 nitrogen and oxygen atoms in total. The van der Waals surface area contributed by atoms with Gasteiger partial charge in [0.1, 0.15) is 0 Å². The van der Waals surface area contributed by atoms with Crippen LogP contribution >= 0.6 is 0 Å². The lowest BCUT2D eigenvalue weighted by Crippen LogP contribution is -2.48. The molecule has 5 heteroatoms. The zero-order valence-electron chi connectivity index (χ0n) is 11.0. The van der Waals surface area contributed by atoms with Crippen molar-refractivity contribution in [2.75, 3.05) is 19.8 Å². The summed E-state index contributed by atoms with van der Waals surface area (Å²) in [6, 6.07) is 3.47. The van der Waals surface area contributed by atoms with Gasteiger partial charge in [0.05, 0.1) is 6.10 Å². The summed E-state index contributed by atoms with van der Waals surface area (Å²) in [5, 5.41) is 13.3. The van der Waals surface area contributed by atoms with E-state index >= 15 is 0 Å². The van der Waals surface area contributed by atoms with Crippen LogP contribution in [0.5, 0.6) is 0 Å². The molecule has 0 radical (unpaired) electrons. The number of aliphatic hydroxyl groups is 1. The van der Waals surface area contributed by atoms with Crippen LogP contribution in [0.25, 0.3) is 0 Å². The molecule has 106 valence electrons. The first-order valence-corrected chi connectivity index (χ1v) is 6.46. The third-order valence-electron chi connectivity index (χ3n) is 3.65. The number of nitrogens with one attached hydrogen (secondary N) is 1. The number of ether oxygens (including phenoxy) is 1. The molecule has 0 bridgehead atoms. The predicted octanol–water partition coefficient (Wildman–Crippen LogP) is 2.16. The quantitative estimate of drug-likeness (QED) is 0.881. The fraction of sp³-hybridized carbons (Fsp3) is 0.571. The van der Waals surface area contributed by atoms with Gasteiger partial charge in [-0.3, -0.25) is 0 Å². The van der Waals surface area contributed by atoms with E-state index in [9.17, 15) is 13.9 Å². The summed E-state index contributed by atoms with van der Waals surface area (Å²) in [4.78, 5) is 0. The molecule has 1 atom stereocenters. The molecule has 0 spiro atoms. The molecule has 2 N–H and O–H groups in total. The van der Waals surface area contributed by atoms with E-state index in [2.05, 4.69) is 12.2 Å². The van der Waals surface area contributed by atoms with Gasteiger partial charge in [0.25, 0.3) is 0 Å². The second-order valence-corrected chi connectivity index (χ2v) is 5.24. The van der Waals surface area contributed by atoms with Crippen molar-refractivity contribution < 1.29 is 18.6 Å². The molecule has 0 aliphatic carbocycles. The minimum atomic E-state index is -0.936. The molecule has 1 fully saturated rings. The first-order valence-electron chi connectivity index (χ1n) is 6.46. The Labute approximate surface area is 111 Å². The molecule has 1 aliphatic heterocycles. The maximum absolute atomic E-state index is 13.1. The van der Waals surface area contributed by atoms with Crippen LogP contribution < -0.4 is 5.32 Å². The Morgan fingerprint density at radius 2 is 2.00 bits per heavy atom. The van der Waals surface area contributed by atoms with Crippen LogP contribution in [0, 0.1) is 11.6 Å². The molecule has 1 aromatic carbocycles. The second kappa shape index (κ2) is 5.94. The number of hydrogen-bond acceptors (Lipinski definition) is 3.